The molecule has 0 bridgehead atoms. The minimum atomic E-state index is -4.65. The average Bonchev–Trinajstić information content (AvgIpc) is 3.17. The van der Waals surface area contributed by atoms with E-state index in [1.807, 2.05) is 0 Å². The van der Waals surface area contributed by atoms with Crippen molar-refractivity contribution in [3.63, 3.8) is 0 Å². The molecule has 3 rings (SSSR count). The van der Waals surface area contributed by atoms with Crippen molar-refractivity contribution in [1.29, 1.82) is 0 Å². The molecule has 1 atom stereocenters. The topological polar surface area (TPSA) is 91.8 Å². The number of amides is 1. The number of hydrogen-bond acceptors (Lipinski definition) is 6. The van der Waals surface area contributed by atoms with E-state index in [9.17, 15) is 27.9 Å². The van der Waals surface area contributed by atoms with Crippen LogP contribution in [-0.2, 0) is 10.9 Å². The summed E-state index contributed by atoms with van der Waals surface area (Å²) in [4.78, 5) is 29.1. The van der Waals surface area contributed by atoms with Gasteiger partial charge in [0.1, 0.15) is 11.4 Å². The number of alkyl carbamates (subject to hydrolysis) is 1. The number of anilines is 1. The second-order valence-electron chi connectivity index (χ2n) is 7.74. The van der Waals surface area contributed by atoms with E-state index in [-0.39, 0.29) is 34.2 Å². The van der Waals surface area contributed by atoms with Crippen LogP contribution in [-0.4, -0.2) is 46.9 Å². The fourth-order valence-electron chi connectivity index (χ4n) is 3.08. The molecule has 1 unspecified atom stereocenters. The van der Waals surface area contributed by atoms with Crippen LogP contribution in [0, 0.1) is 0 Å². The van der Waals surface area contributed by atoms with Crippen molar-refractivity contribution in [1.82, 2.24) is 10.3 Å². The molecule has 2 N–H and O–H groups in total. The van der Waals surface area contributed by atoms with Gasteiger partial charge >= 0.3 is 18.2 Å². The number of carbonyl (C=O) groups is 2. The molecule has 11 heteroatoms. The maximum atomic E-state index is 13.5. The fourth-order valence-corrected chi connectivity index (χ4v) is 4.10. The van der Waals surface area contributed by atoms with Crippen LogP contribution in [0.5, 0.6) is 0 Å². The second kappa shape index (κ2) is 7.36. The number of fused-ring (bicyclic) bond motifs is 1. The number of thiophene rings is 1. The van der Waals surface area contributed by atoms with Crippen molar-refractivity contribution in [2.75, 3.05) is 18.0 Å². The first-order chi connectivity index (χ1) is 13.3. The van der Waals surface area contributed by atoms with Gasteiger partial charge in [0, 0.05) is 18.5 Å². The van der Waals surface area contributed by atoms with Gasteiger partial charge in [-0.25, -0.2) is 14.6 Å². The molecule has 3 heterocycles. The van der Waals surface area contributed by atoms with Crippen LogP contribution in [0.1, 0.15) is 43.1 Å². The number of ether oxygens (including phenoxy) is 1. The predicted molar refractivity (Wildman–Crippen MR) is 102 cm³/mol. The molecule has 1 saturated heterocycles. The highest BCUT2D eigenvalue weighted by Gasteiger charge is 2.36. The molecular formula is C18H20F3N3O4S. The summed E-state index contributed by atoms with van der Waals surface area (Å²) in [7, 11) is 0. The van der Waals surface area contributed by atoms with Crippen molar-refractivity contribution in [3.8, 4) is 0 Å². The van der Waals surface area contributed by atoms with Crippen molar-refractivity contribution in [3.05, 3.63) is 22.6 Å². The third-order valence-electron chi connectivity index (χ3n) is 4.28. The highest BCUT2D eigenvalue weighted by molar-refractivity contribution is 7.17. The zero-order valence-electron chi connectivity index (χ0n) is 16.0. The number of rotatable bonds is 3. The highest BCUT2D eigenvalue weighted by Crippen LogP contribution is 2.40. The molecule has 1 fully saturated rings. The van der Waals surface area contributed by atoms with Gasteiger partial charge in [-0.05, 0) is 33.3 Å². The lowest BCUT2D eigenvalue weighted by atomic mass is 10.2. The molecule has 0 radical (unpaired) electrons. The molecule has 2 aromatic heterocycles. The molecule has 158 valence electrons. The minimum absolute atomic E-state index is 0.0270. The lowest BCUT2D eigenvalue weighted by Gasteiger charge is -2.22. The number of pyridine rings is 1. The summed E-state index contributed by atoms with van der Waals surface area (Å²) >= 11 is 0.706. The third kappa shape index (κ3) is 4.72. The first kappa shape index (κ1) is 21.2. The molecule has 0 aromatic carbocycles. The number of carboxylic acids is 1. The molecule has 0 saturated carbocycles. The Morgan fingerprint density at radius 2 is 2.03 bits per heavy atom. The summed E-state index contributed by atoms with van der Waals surface area (Å²) in [5.74, 6) is -1.31. The standard InChI is InChI=1S/C18H20F3N3O4S/c1-17(2,3)28-16(27)22-9-4-5-24(7-9)12-6-11(18(19,20)21)14-13(23-12)10(8-29-14)15(25)26/h6,8-9H,4-5,7H2,1-3H3,(H,22,27)(H,25,26). The van der Waals surface area contributed by atoms with Crippen LogP contribution in [0.2, 0.25) is 0 Å². The summed E-state index contributed by atoms with van der Waals surface area (Å²) in [5, 5.41) is 13.1. The number of aromatic nitrogens is 1. The van der Waals surface area contributed by atoms with E-state index < -0.39 is 29.4 Å². The van der Waals surface area contributed by atoms with Crippen LogP contribution in [0.3, 0.4) is 0 Å². The van der Waals surface area contributed by atoms with Crippen LogP contribution >= 0.6 is 11.3 Å². The molecule has 7 nitrogen and oxygen atoms in total. The fraction of sp³-hybridized carbons (Fsp3) is 0.500. The largest absolute Gasteiger partial charge is 0.478 e. The lowest BCUT2D eigenvalue weighted by Crippen LogP contribution is -2.40. The Bertz CT molecular complexity index is 952. The molecule has 1 amide bonds. The first-order valence-electron chi connectivity index (χ1n) is 8.82. The van der Waals surface area contributed by atoms with Gasteiger partial charge in [-0.15, -0.1) is 11.3 Å². The third-order valence-corrected chi connectivity index (χ3v) is 5.28. The van der Waals surface area contributed by atoms with Gasteiger partial charge in [0.15, 0.2) is 0 Å². The van der Waals surface area contributed by atoms with Gasteiger partial charge in [0.05, 0.1) is 27.4 Å². The van der Waals surface area contributed by atoms with Crippen molar-refractivity contribution in [2.45, 2.75) is 45.0 Å². The molecule has 29 heavy (non-hydrogen) atoms. The summed E-state index contributed by atoms with van der Waals surface area (Å²) in [6.07, 6.45) is -4.75. The van der Waals surface area contributed by atoms with E-state index in [1.165, 1.54) is 0 Å². The van der Waals surface area contributed by atoms with Gasteiger partial charge in [-0.2, -0.15) is 13.2 Å². The predicted octanol–water partition coefficient (Wildman–Crippen LogP) is 4.12. The number of halogens is 3. The number of nitrogens with zero attached hydrogens (tertiary/aromatic N) is 2. The van der Waals surface area contributed by atoms with Crippen molar-refractivity contribution in [2.24, 2.45) is 0 Å². The molecule has 0 aliphatic carbocycles. The van der Waals surface area contributed by atoms with E-state index in [2.05, 4.69) is 10.3 Å². The zero-order chi connectivity index (χ0) is 21.6. The maximum absolute atomic E-state index is 13.5. The van der Waals surface area contributed by atoms with Crippen molar-refractivity contribution < 1.29 is 32.6 Å². The smallest absolute Gasteiger partial charge is 0.417 e. The number of aromatic carboxylic acids is 1. The van der Waals surface area contributed by atoms with E-state index in [4.69, 9.17) is 4.74 Å². The Labute approximate surface area is 168 Å². The Morgan fingerprint density at radius 1 is 1.34 bits per heavy atom. The number of hydrogen-bond donors (Lipinski definition) is 2. The SMILES string of the molecule is CC(C)(C)OC(=O)NC1CCN(c2cc(C(F)(F)F)c3scc(C(=O)O)c3n2)C1. The first-order valence-corrected chi connectivity index (χ1v) is 9.70. The zero-order valence-corrected chi connectivity index (χ0v) is 16.8. The van der Waals surface area contributed by atoms with Gasteiger partial charge in [-0.3, -0.25) is 0 Å². The second-order valence-corrected chi connectivity index (χ2v) is 8.62. The molecule has 1 aliphatic heterocycles. The monoisotopic (exact) mass is 431 g/mol. The Kier molecular flexibility index (Phi) is 5.37. The van der Waals surface area contributed by atoms with Gasteiger partial charge in [0.2, 0.25) is 0 Å². The lowest BCUT2D eigenvalue weighted by molar-refractivity contribution is -0.136. The Morgan fingerprint density at radius 3 is 2.62 bits per heavy atom. The van der Waals surface area contributed by atoms with E-state index in [0.717, 1.165) is 11.4 Å². The molecule has 1 aliphatic rings. The summed E-state index contributed by atoms with van der Waals surface area (Å²) in [6.45, 7) is 5.79. The van der Waals surface area contributed by atoms with Crippen molar-refractivity contribution >= 4 is 39.4 Å². The summed E-state index contributed by atoms with van der Waals surface area (Å²) in [6, 6.07) is 0.610. The molecule has 2 aromatic rings. The highest BCUT2D eigenvalue weighted by atomic mass is 32.1. The average molecular weight is 431 g/mol. The van der Waals surface area contributed by atoms with Crippen LogP contribution in [0.25, 0.3) is 10.2 Å². The Hall–Kier alpha value is -2.56. The van der Waals surface area contributed by atoms with E-state index in [1.54, 1.807) is 25.7 Å². The number of carbonyl (C=O) groups excluding carboxylic acids is 1. The maximum Gasteiger partial charge on any atom is 0.417 e. The summed E-state index contributed by atoms with van der Waals surface area (Å²) in [5.41, 5.74) is -2.03. The van der Waals surface area contributed by atoms with Gasteiger partial charge in [0.25, 0.3) is 0 Å². The summed E-state index contributed by atoms with van der Waals surface area (Å²) < 4.78 is 45.6. The van der Waals surface area contributed by atoms with Crippen LogP contribution in [0.15, 0.2) is 11.4 Å². The van der Waals surface area contributed by atoms with Crippen LogP contribution in [0.4, 0.5) is 23.8 Å². The quantitative estimate of drug-likeness (QED) is 0.760. The molecular weight excluding hydrogens is 411 g/mol. The van der Waals surface area contributed by atoms with E-state index >= 15 is 0 Å². The minimum Gasteiger partial charge on any atom is -0.478 e. The normalized spacial score (nSPS) is 17.6. The number of nitrogens with one attached hydrogen (secondary N) is 1. The number of alkyl halides is 3. The Balaban J connectivity index is 1.87. The van der Waals surface area contributed by atoms with E-state index in [0.29, 0.717) is 24.3 Å². The van der Waals surface area contributed by atoms with Crippen LogP contribution < -0.4 is 10.2 Å². The van der Waals surface area contributed by atoms with Gasteiger partial charge in [-0.1, -0.05) is 0 Å². The number of carboxylic acid groups (broad SMARTS) is 1. The molecule has 0 spiro atoms. The van der Waals surface area contributed by atoms with Gasteiger partial charge < -0.3 is 20.1 Å².